The maximum atomic E-state index is 11.5. The number of benzene rings is 1. The summed E-state index contributed by atoms with van der Waals surface area (Å²) in [6.07, 6.45) is 0. The molecule has 0 fully saturated rings. The molecular formula is C14H21N3OS. The molecule has 0 saturated heterocycles. The second-order valence-electron chi connectivity index (χ2n) is 4.78. The molecule has 0 aliphatic heterocycles. The Labute approximate surface area is 120 Å². The molecule has 1 aromatic rings. The third-order valence-electron chi connectivity index (χ3n) is 2.94. The molecule has 0 bridgehead atoms. The van der Waals surface area contributed by atoms with Crippen molar-refractivity contribution in [2.45, 2.75) is 13.5 Å². The van der Waals surface area contributed by atoms with Crippen LogP contribution in [0.1, 0.15) is 18.1 Å². The maximum absolute atomic E-state index is 11.5. The van der Waals surface area contributed by atoms with Crippen molar-refractivity contribution >= 4 is 23.1 Å². The van der Waals surface area contributed by atoms with Gasteiger partial charge in [-0.1, -0.05) is 37.3 Å². The minimum absolute atomic E-state index is 0.0335. The van der Waals surface area contributed by atoms with Crippen LogP contribution in [0.5, 0.6) is 0 Å². The van der Waals surface area contributed by atoms with Crippen LogP contribution in [0.25, 0.3) is 0 Å². The number of carbonyl (C=O) groups is 1. The van der Waals surface area contributed by atoms with Crippen LogP contribution in [0.3, 0.4) is 0 Å². The highest BCUT2D eigenvalue weighted by Gasteiger charge is 2.13. The summed E-state index contributed by atoms with van der Waals surface area (Å²) in [5.74, 6) is 0.0255. The number of hydrogen-bond acceptors (Lipinski definition) is 3. The van der Waals surface area contributed by atoms with Gasteiger partial charge in [0.25, 0.3) is 0 Å². The van der Waals surface area contributed by atoms with Crippen LogP contribution in [0, 0.1) is 5.92 Å². The topological polar surface area (TPSA) is 58.4 Å². The Bertz CT molecular complexity index is 462. The van der Waals surface area contributed by atoms with Gasteiger partial charge >= 0.3 is 0 Å². The minimum Gasteiger partial charge on any atom is -0.389 e. The number of nitrogens with zero attached hydrogens (tertiary/aromatic N) is 1. The molecule has 0 aliphatic rings. The Hall–Kier alpha value is -1.46. The van der Waals surface area contributed by atoms with E-state index in [1.165, 1.54) is 0 Å². The molecular weight excluding hydrogens is 258 g/mol. The molecule has 0 aliphatic carbocycles. The van der Waals surface area contributed by atoms with Gasteiger partial charge in [0.15, 0.2) is 0 Å². The fourth-order valence-corrected chi connectivity index (χ4v) is 2.12. The fraction of sp³-hybridized carbons (Fsp3) is 0.429. The molecule has 0 radical (unpaired) electrons. The lowest BCUT2D eigenvalue weighted by molar-refractivity contribution is -0.124. The normalized spacial score (nSPS) is 12.2. The minimum atomic E-state index is -0.0335. The van der Waals surface area contributed by atoms with Crippen molar-refractivity contribution < 1.29 is 4.79 Å². The number of nitrogens with one attached hydrogen (secondary N) is 1. The first-order valence-corrected chi connectivity index (χ1v) is 6.63. The SMILES string of the molecule is CNC(=O)C(C)CN(C)Cc1cccc(C(N)=S)c1. The van der Waals surface area contributed by atoms with Crippen LogP contribution in [0.4, 0.5) is 0 Å². The average Bonchev–Trinajstić information content (AvgIpc) is 2.37. The number of thiocarbonyl (C=S) groups is 1. The standard InChI is InChI=1S/C14H21N3OS/c1-10(14(18)16-2)8-17(3)9-11-5-4-6-12(7-11)13(15)19/h4-7,10H,8-9H2,1-3H3,(H2,15,19)(H,16,18). The fourth-order valence-electron chi connectivity index (χ4n) is 2.00. The van der Waals surface area contributed by atoms with Gasteiger partial charge in [0.05, 0.1) is 0 Å². The van der Waals surface area contributed by atoms with Crippen molar-refractivity contribution in [3.63, 3.8) is 0 Å². The van der Waals surface area contributed by atoms with E-state index >= 15 is 0 Å². The van der Waals surface area contributed by atoms with Gasteiger partial charge in [-0.15, -0.1) is 0 Å². The zero-order valence-electron chi connectivity index (χ0n) is 11.6. The average molecular weight is 279 g/mol. The van der Waals surface area contributed by atoms with Gasteiger partial charge < -0.3 is 16.0 Å². The van der Waals surface area contributed by atoms with Gasteiger partial charge in [0, 0.05) is 31.6 Å². The lowest BCUT2D eigenvalue weighted by Gasteiger charge is -2.20. The summed E-state index contributed by atoms with van der Waals surface area (Å²) in [7, 11) is 3.65. The first kappa shape index (κ1) is 15.6. The maximum Gasteiger partial charge on any atom is 0.223 e. The summed E-state index contributed by atoms with van der Waals surface area (Å²) < 4.78 is 0. The zero-order chi connectivity index (χ0) is 14.4. The quantitative estimate of drug-likeness (QED) is 0.767. The number of rotatable bonds is 6. The molecule has 19 heavy (non-hydrogen) atoms. The molecule has 1 atom stereocenters. The molecule has 104 valence electrons. The van der Waals surface area contributed by atoms with E-state index in [2.05, 4.69) is 10.2 Å². The third kappa shape index (κ3) is 4.96. The van der Waals surface area contributed by atoms with Crippen LogP contribution in [-0.2, 0) is 11.3 Å². The Balaban J connectivity index is 2.61. The van der Waals surface area contributed by atoms with E-state index in [9.17, 15) is 4.79 Å². The van der Waals surface area contributed by atoms with Crippen molar-refractivity contribution in [3.05, 3.63) is 35.4 Å². The summed E-state index contributed by atoms with van der Waals surface area (Å²) in [4.78, 5) is 14.0. The van der Waals surface area contributed by atoms with E-state index in [0.717, 1.165) is 17.7 Å². The lowest BCUT2D eigenvalue weighted by atomic mass is 10.1. The molecule has 0 saturated carbocycles. The molecule has 1 aromatic carbocycles. The molecule has 5 heteroatoms. The molecule has 0 heterocycles. The van der Waals surface area contributed by atoms with E-state index < -0.39 is 0 Å². The highest BCUT2D eigenvalue weighted by atomic mass is 32.1. The van der Waals surface area contributed by atoms with Crippen LogP contribution in [0.15, 0.2) is 24.3 Å². The van der Waals surface area contributed by atoms with Crippen molar-refractivity contribution in [1.82, 2.24) is 10.2 Å². The van der Waals surface area contributed by atoms with Gasteiger partial charge in [0.1, 0.15) is 4.99 Å². The Morgan fingerprint density at radius 3 is 2.79 bits per heavy atom. The second kappa shape index (κ2) is 7.21. The van der Waals surface area contributed by atoms with Crippen LogP contribution >= 0.6 is 12.2 Å². The summed E-state index contributed by atoms with van der Waals surface area (Å²) in [6, 6.07) is 7.87. The number of amides is 1. The summed E-state index contributed by atoms with van der Waals surface area (Å²) in [6.45, 7) is 3.38. The highest BCUT2D eigenvalue weighted by Crippen LogP contribution is 2.09. The predicted octanol–water partition coefficient (Wildman–Crippen LogP) is 1.13. The number of carbonyl (C=O) groups excluding carboxylic acids is 1. The Kier molecular flexibility index (Phi) is 5.92. The number of hydrogen-bond donors (Lipinski definition) is 2. The van der Waals surface area contributed by atoms with Gasteiger partial charge in [-0.2, -0.15) is 0 Å². The van der Waals surface area contributed by atoms with E-state index in [1.807, 2.05) is 38.2 Å². The smallest absolute Gasteiger partial charge is 0.223 e. The Morgan fingerprint density at radius 2 is 2.21 bits per heavy atom. The molecule has 1 amide bonds. The molecule has 4 nitrogen and oxygen atoms in total. The first-order chi connectivity index (χ1) is 8.93. The van der Waals surface area contributed by atoms with Crippen molar-refractivity contribution in [3.8, 4) is 0 Å². The van der Waals surface area contributed by atoms with Crippen LogP contribution in [-0.4, -0.2) is 36.4 Å². The van der Waals surface area contributed by atoms with Crippen LogP contribution in [0.2, 0.25) is 0 Å². The molecule has 1 rings (SSSR count). The van der Waals surface area contributed by atoms with Gasteiger partial charge in [-0.25, -0.2) is 0 Å². The van der Waals surface area contributed by atoms with E-state index in [4.69, 9.17) is 18.0 Å². The summed E-state index contributed by atoms with van der Waals surface area (Å²) in [5, 5.41) is 2.66. The predicted molar refractivity (Wildman–Crippen MR) is 81.9 cm³/mol. The first-order valence-electron chi connectivity index (χ1n) is 6.23. The van der Waals surface area contributed by atoms with E-state index in [1.54, 1.807) is 7.05 Å². The van der Waals surface area contributed by atoms with E-state index in [-0.39, 0.29) is 11.8 Å². The zero-order valence-corrected chi connectivity index (χ0v) is 12.5. The summed E-state index contributed by atoms with van der Waals surface area (Å²) >= 11 is 4.97. The van der Waals surface area contributed by atoms with Crippen molar-refractivity contribution in [2.24, 2.45) is 11.7 Å². The molecule has 0 spiro atoms. The largest absolute Gasteiger partial charge is 0.389 e. The second-order valence-corrected chi connectivity index (χ2v) is 5.22. The van der Waals surface area contributed by atoms with Crippen LogP contribution < -0.4 is 11.1 Å². The summed E-state index contributed by atoms with van der Waals surface area (Å²) in [5.41, 5.74) is 7.63. The number of nitrogens with two attached hydrogens (primary N) is 1. The molecule has 1 unspecified atom stereocenters. The van der Waals surface area contributed by atoms with Gasteiger partial charge in [0.2, 0.25) is 5.91 Å². The van der Waals surface area contributed by atoms with Crippen molar-refractivity contribution in [1.29, 1.82) is 0 Å². The third-order valence-corrected chi connectivity index (χ3v) is 3.18. The van der Waals surface area contributed by atoms with Gasteiger partial charge in [-0.05, 0) is 18.7 Å². The van der Waals surface area contributed by atoms with Gasteiger partial charge in [-0.3, -0.25) is 4.79 Å². The lowest BCUT2D eigenvalue weighted by Crippen LogP contribution is -2.34. The van der Waals surface area contributed by atoms with Crippen molar-refractivity contribution in [2.75, 3.05) is 20.6 Å². The van der Waals surface area contributed by atoms with E-state index in [0.29, 0.717) is 11.5 Å². The Morgan fingerprint density at radius 1 is 1.53 bits per heavy atom. The molecule has 0 aromatic heterocycles. The molecule has 3 N–H and O–H groups in total. The monoisotopic (exact) mass is 279 g/mol. The highest BCUT2D eigenvalue weighted by molar-refractivity contribution is 7.80.